The number of ether oxygens (including phenoxy) is 2. The summed E-state index contributed by atoms with van der Waals surface area (Å²) in [5.74, 6) is 0.478. The van der Waals surface area contributed by atoms with Crippen molar-refractivity contribution in [3.8, 4) is 5.75 Å². The van der Waals surface area contributed by atoms with E-state index in [9.17, 15) is 4.79 Å². The Morgan fingerprint density at radius 2 is 1.57 bits per heavy atom. The first-order chi connectivity index (χ1) is 10.3. The van der Waals surface area contributed by atoms with Crippen molar-refractivity contribution in [2.24, 2.45) is 0 Å². The molecule has 0 amide bonds. The summed E-state index contributed by atoms with van der Waals surface area (Å²) in [6, 6.07) is 7.47. The van der Waals surface area contributed by atoms with E-state index in [4.69, 9.17) is 9.47 Å². The van der Waals surface area contributed by atoms with E-state index in [-0.39, 0.29) is 5.97 Å². The van der Waals surface area contributed by atoms with Crippen LogP contribution in [-0.4, -0.2) is 13.1 Å². The first-order valence-electron chi connectivity index (χ1n) is 8.04. The van der Waals surface area contributed by atoms with Gasteiger partial charge in [0, 0.05) is 13.5 Å². The highest BCUT2D eigenvalue weighted by molar-refractivity contribution is 5.72. The number of hydrogen-bond donors (Lipinski definition) is 0. The van der Waals surface area contributed by atoms with Crippen molar-refractivity contribution in [1.82, 2.24) is 0 Å². The Balaban J connectivity index is 2.12. The lowest BCUT2D eigenvalue weighted by atomic mass is 10.1. The smallest absolute Gasteiger partial charge is 0.311 e. The summed E-state index contributed by atoms with van der Waals surface area (Å²) in [6.45, 7) is 2.80. The molecule has 0 heterocycles. The van der Waals surface area contributed by atoms with Crippen LogP contribution in [0, 0.1) is 0 Å². The van der Waals surface area contributed by atoms with Gasteiger partial charge in [-0.1, -0.05) is 57.6 Å². The van der Waals surface area contributed by atoms with Gasteiger partial charge >= 0.3 is 5.97 Å². The summed E-state index contributed by atoms with van der Waals surface area (Å²) in [5, 5.41) is 0. The van der Waals surface area contributed by atoms with Crippen LogP contribution in [-0.2, 0) is 16.1 Å². The Morgan fingerprint density at radius 1 is 0.952 bits per heavy atom. The van der Waals surface area contributed by atoms with Gasteiger partial charge < -0.3 is 9.47 Å². The summed E-state index contributed by atoms with van der Waals surface area (Å²) in [4.78, 5) is 11.7. The van der Waals surface area contributed by atoms with E-state index < -0.39 is 0 Å². The maximum Gasteiger partial charge on any atom is 0.311 e. The number of carbonyl (C=O) groups is 1. The van der Waals surface area contributed by atoms with Crippen molar-refractivity contribution < 1.29 is 14.3 Å². The number of hydrogen-bond acceptors (Lipinski definition) is 3. The number of carbonyl (C=O) groups excluding carboxylic acids is 1. The number of methoxy groups -OCH3 is 1. The van der Waals surface area contributed by atoms with Crippen LogP contribution >= 0.6 is 0 Å². The number of rotatable bonds is 11. The van der Waals surface area contributed by atoms with Crippen LogP contribution < -0.4 is 4.74 Å². The SMILES string of the molecule is CCCCCCCCCC(=O)Oc1ccc(COC)cc1. The molecular formula is C18H28O3. The summed E-state index contributed by atoms with van der Waals surface area (Å²) in [5.41, 5.74) is 1.07. The van der Waals surface area contributed by atoms with Crippen LogP contribution in [0.3, 0.4) is 0 Å². The van der Waals surface area contributed by atoms with E-state index in [0.717, 1.165) is 18.4 Å². The topological polar surface area (TPSA) is 35.5 Å². The lowest BCUT2D eigenvalue weighted by Crippen LogP contribution is -2.07. The van der Waals surface area contributed by atoms with Crippen molar-refractivity contribution in [2.45, 2.75) is 64.9 Å². The molecule has 118 valence electrons. The van der Waals surface area contributed by atoms with E-state index in [0.29, 0.717) is 18.8 Å². The molecule has 1 aromatic rings. The molecule has 0 aliphatic rings. The van der Waals surface area contributed by atoms with Crippen LogP contribution in [0.4, 0.5) is 0 Å². The lowest BCUT2D eigenvalue weighted by Gasteiger charge is -2.05. The predicted octanol–water partition coefficient (Wildman–Crippen LogP) is 4.88. The molecule has 3 heteroatoms. The third-order valence-electron chi connectivity index (χ3n) is 3.45. The molecule has 0 atom stereocenters. The largest absolute Gasteiger partial charge is 0.427 e. The maximum atomic E-state index is 11.7. The van der Waals surface area contributed by atoms with Gasteiger partial charge in [-0.15, -0.1) is 0 Å². The van der Waals surface area contributed by atoms with E-state index in [1.54, 1.807) is 7.11 Å². The first-order valence-corrected chi connectivity index (χ1v) is 8.04. The molecule has 0 spiro atoms. The van der Waals surface area contributed by atoms with Crippen LogP contribution in [0.5, 0.6) is 5.75 Å². The lowest BCUT2D eigenvalue weighted by molar-refractivity contribution is -0.134. The van der Waals surface area contributed by atoms with Crippen molar-refractivity contribution >= 4 is 5.97 Å². The molecule has 0 saturated carbocycles. The Hall–Kier alpha value is -1.35. The van der Waals surface area contributed by atoms with E-state index in [1.807, 2.05) is 24.3 Å². The molecule has 0 aliphatic heterocycles. The monoisotopic (exact) mass is 292 g/mol. The second-order valence-corrected chi connectivity index (χ2v) is 5.42. The molecule has 0 bridgehead atoms. The second-order valence-electron chi connectivity index (χ2n) is 5.42. The van der Waals surface area contributed by atoms with Crippen LogP contribution in [0.15, 0.2) is 24.3 Å². The average Bonchev–Trinajstić information content (AvgIpc) is 2.49. The summed E-state index contributed by atoms with van der Waals surface area (Å²) >= 11 is 0. The molecule has 1 aromatic carbocycles. The van der Waals surface area contributed by atoms with E-state index in [2.05, 4.69) is 6.92 Å². The van der Waals surface area contributed by atoms with Crippen LogP contribution in [0.1, 0.15) is 63.9 Å². The third kappa shape index (κ3) is 8.51. The second kappa shape index (κ2) is 11.3. The van der Waals surface area contributed by atoms with Crippen molar-refractivity contribution in [1.29, 1.82) is 0 Å². The maximum absolute atomic E-state index is 11.7. The minimum absolute atomic E-state index is 0.136. The highest BCUT2D eigenvalue weighted by Crippen LogP contribution is 2.14. The molecule has 0 N–H and O–H groups in total. The predicted molar refractivity (Wildman–Crippen MR) is 85.4 cm³/mol. The zero-order valence-corrected chi connectivity index (χ0v) is 13.4. The Labute approximate surface area is 128 Å². The zero-order valence-electron chi connectivity index (χ0n) is 13.4. The van der Waals surface area contributed by atoms with Gasteiger partial charge in [-0.2, -0.15) is 0 Å². The van der Waals surface area contributed by atoms with Gasteiger partial charge in [0.2, 0.25) is 0 Å². The fraction of sp³-hybridized carbons (Fsp3) is 0.611. The normalized spacial score (nSPS) is 10.6. The van der Waals surface area contributed by atoms with Crippen molar-refractivity contribution in [2.75, 3.05) is 7.11 Å². The van der Waals surface area contributed by atoms with Crippen LogP contribution in [0.25, 0.3) is 0 Å². The fourth-order valence-electron chi connectivity index (χ4n) is 2.23. The Kier molecular flexibility index (Phi) is 9.55. The number of benzene rings is 1. The fourth-order valence-corrected chi connectivity index (χ4v) is 2.23. The molecular weight excluding hydrogens is 264 g/mol. The van der Waals surface area contributed by atoms with Crippen molar-refractivity contribution in [3.05, 3.63) is 29.8 Å². The van der Waals surface area contributed by atoms with Gasteiger partial charge in [-0.05, 0) is 24.1 Å². The summed E-state index contributed by atoms with van der Waals surface area (Å²) in [6.07, 6.45) is 8.96. The molecule has 0 unspecified atom stereocenters. The summed E-state index contributed by atoms with van der Waals surface area (Å²) in [7, 11) is 1.66. The zero-order chi connectivity index (χ0) is 15.3. The quantitative estimate of drug-likeness (QED) is 0.331. The summed E-state index contributed by atoms with van der Waals surface area (Å²) < 4.78 is 10.4. The van der Waals surface area contributed by atoms with Gasteiger partial charge in [0.25, 0.3) is 0 Å². The molecule has 0 radical (unpaired) electrons. The molecule has 0 saturated heterocycles. The molecule has 3 nitrogen and oxygen atoms in total. The number of unbranched alkanes of at least 4 members (excludes halogenated alkanes) is 6. The highest BCUT2D eigenvalue weighted by atomic mass is 16.5. The molecule has 0 aliphatic carbocycles. The van der Waals surface area contributed by atoms with Gasteiger partial charge in [-0.3, -0.25) is 4.79 Å². The van der Waals surface area contributed by atoms with Gasteiger partial charge in [-0.25, -0.2) is 0 Å². The minimum atomic E-state index is -0.136. The Morgan fingerprint density at radius 3 is 2.19 bits per heavy atom. The van der Waals surface area contributed by atoms with E-state index >= 15 is 0 Å². The van der Waals surface area contributed by atoms with Gasteiger partial charge in [0.1, 0.15) is 5.75 Å². The van der Waals surface area contributed by atoms with Crippen LogP contribution in [0.2, 0.25) is 0 Å². The molecule has 0 aromatic heterocycles. The van der Waals surface area contributed by atoms with Gasteiger partial charge in [0.05, 0.1) is 6.61 Å². The Bertz CT molecular complexity index is 384. The van der Waals surface area contributed by atoms with Gasteiger partial charge in [0.15, 0.2) is 0 Å². The van der Waals surface area contributed by atoms with Crippen molar-refractivity contribution in [3.63, 3.8) is 0 Å². The molecule has 1 rings (SSSR count). The average molecular weight is 292 g/mol. The molecule has 21 heavy (non-hydrogen) atoms. The minimum Gasteiger partial charge on any atom is -0.427 e. The first kappa shape index (κ1) is 17.7. The standard InChI is InChI=1S/C18H28O3/c1-3-4-5-6-7-8-9-10-18(19)21-17-13-11-16(12-14-17)15-20-2/h11-14H,3-10,15H2,1-2H3. The number of esters is 1. The third-order valence-corrected chi connectivity index (χ3v) is 3.45. The molecule has 0 fully saturated rings. The highest BCUT2D eigenvalue weighted by Gasteiger charge is 2.04. The van der Waals surface area contributed by atoms with E-state index in [1.165, 1.54) is 32.1 Å².